The molecule has 6 nitrogen and oxygen atoms in total. The van der Waals surface area contributed by atoms with E-state index in [9.17, 15) is 0 Å². The Balaban J connectivity index is 0.00000243. The average Bonchev–Trinajstić information content (AvgIpc) is 2.67. The number of anilines is 1. The van der Waals surface area contributed by atoms with E-state index >= 15 is 0 Å². The number of piperazine rings is 1. The van der Waals surface area contributed by atoms with Crippen LogP contribution in [-0.2, 0) is 0 Å². The van der Waals surface area contributed by atoms with Crippen molar-refractivity contribution >= 4 is 47.2 Å². The molecule has 0 aliphatic carbocycles. The minimum absolute atomic E-state index is 0. The highest BCUT2D eigenvalue weighted by molar-refractivity contribution is 14.0. The van der Waals surface area contributed by atoms with E-state index < -0.39 is 0 Å². The zero-order valence-corrected chi connectivity index (χ0v) is 17.5. The first-order valence-electron chi connectivity index (χ1n) is 8.30. The van der Waals surface area contributed by atoms with Gasteiger partial charge in [0, 0.05) is 43.1 Å². The molecule has 26 heavy (non-hydrogen) atoms. The normalized spacial score (nSPS) is 14.7. The first kappa shape index (κ1) is 20.6. The molecule has 1 saturated heterocycles. The smallest absolute Gasteiger partial charge is 0.191 e. The summed E-state index contributed by atoms with van der Waals surface area (Å²) < 4.78 is 5.57. The predicted octanol–water partition coefficient (Wildman–Crippen LogP) is 2.87. The zero-order chi connectivity index (χ0) is 17.5. The summed E-state index contributed by atoms with van der Waals surface area (Å²) in [5.41, 5.74) is 7.29. The van der Waals surface area contributed by atoms with Gasteiger partial charge in [-0.3, -0.25) is 4.98 Å². The van der Waals surface area contributed by atoms with Gasteiger partial charge < -0.3 is 20.3 Å². The summed E-state index contributed by atoms with van der Waals surface area (Å²) in [6.07, 6.45) is 3.40. The number of hydrogen-bond acceptors (Lipinski definition) is 4. The first-order valence-corrected chi connectivity index (χ1v) is 8.68. The van der Waals surface area contributed by atoms with Crippen LogP contribution in [0.15, 0.2) is 53.8 Å². The fraction of sp³-hybridized carbons (Fsp3) is 0.333. The van der Waals surface area contributed by atoms with Crippen LogP contribution in [0.1, 0.15) is 0 Å². The van der Waals surface area contributed by atoms with Gasteiger partial charge in [0.25, 0.3) is 0 Å². The van der Waals surface area contributed by atoms with E-state index in [2.05, 4.69) is 19.8 Å². The molecule has 140 valence electrons. The van der Waals surface area contributed by atoms with Crippen molar-refractivity contribution in [3.63, 3.8) is 0 Å². The highest BCUT2D eigenvalue weighted by Gasteiger charge is 2.18. The van der Waals surface area contributed by atoms with Crippen LogP contribution >= 0.6 is 35.6 Å². The Bertz CT molecular complexity index is 690. The summed E-state index contributed by atoms with van der Waals surface area (Å²) in [6.45, 7) is 4.52. The van der Waals surface area contributed by atoms with E-state index in [1.165, 1.54) is 5.69 Å². The molecule has 2 aromatic rings. The molecule has 0 bridgehead atoms. The molecule has 0 spiro atoms. The zero-order valence-electron chi connectivity index (χ0n) is 14.4. The van der Waals surface area contributed by atoms with E-state index in [-0.39, 0.29) is 24.0 Å². The second-order valence-corrected chi connectivity index (χ2v) is 6.16. The maximum absolute atomic E-state index is 6.10. The summed E-state index contributed by atoms with van der Waals surface area (Å²) in [5.74, 6) is 1.32. The van der Waals surface area contributed by atoms with Gasteiger partial charge >= 0.3 is 0 Å². The van der Waals surface area contributed by atoms with Gasteiger partial charge in [-0.05, 0) is 36.4 Å². The number of nitrogens with two attached hydrogens (primary N) is 1. The van der Waals surface area contributed by atoms with E-state index in [0.29, 0.717) is 19.1 Å². The van der Waals surface area contributed by atoms with E-state index in [0.717, 1.165) is 37.0 Å². The lowest BCUT2D eigenvalue weighted by Gasteiger charge is -2.36. The molecule has 0 unspecified atom stereocenters. The molecule has 1 aliphatic rings. The van der Waals surface area contributed by atoms with Crippen molar-refractivity contribution in [2.24, 2.45) is 10.7 Å². The van der Waals surface area contributed by atoms with E-state index in [4.69, 9.17) is 22.1 Å². The minimum Gasteiger partial charge on any atom is -0.490 e. The van der Waals surface area contributed by atoms with Gasteiger partial charge in [-0.2, -0.15) is 0 Å². The number of hydrogen-bond donors (Lipinski definition) is 1. The molecular formula is C18H23ClIN5O. The SMILES string of the molecule is I.NC(=NCCOc1cccnc1)N1CCN(c2ccc(Cl)cc2)CC1. The van der Waals surface area contributed by atoms with Crippen molar-refractivity contribution in [3.8, 4) is 5.75 Å². The Morgan fingerprint density at radius 1 is 1.15 bits per heavy atom. The standard InChI is InChI=1S/C18H22ClN5O.HI/c19-15-3-5-16(6-4-15)23-9-11-24(12-10-23)18(20)22-8-13-25-17-2-1-7-21-14-17;/h1-7,14H,8-13H2,(H2,20,22);1H. The second-order valence-electron chi connectivity index (χ2n) is 5.73. The van der Waals surface area contributed by atoms with Crippen LogP contribution in [0.3, 0.4) is 0 Å². The van der Waals surface area contributed by atoms with Crippen LogP contribution in [0.4, 0.5) is 5.69 Å². The third-order valence-corrected chi connectivity index (χ3v) is 4.32. The van der Waals surface area contributed by atoms with Gasteiger partial charge in [-0.25, -0.2) is 4.99 Å². The maximum atomic E-state index is 6.10. The van der Waals surface area contributed by atoms with Crippen LogP contribution in [0.5, 0.6) is 5.75 Å². The van der Waals surface area contributed by atoms with Gasteiger partial charge in [0.05, 0.1) is 12.7 Å². The Kier molecular flexibility index (Phi) is 8.24. The quantitative estimate of drug-likeness (QED) is 0.304. The number of rotatable bonds is 5. The van der Waals surface area contributed by atoms with Crippen molar-refractivity contribution < 1.29 is 4.74 Å². The van der Waals surface area contributed by atoms with E-state index in [1.807, 2.05) is 36.4 Å². The molecule has 0 amide bonds. The minimum atomic E-state index is 0. The Labute approximate surface area is 176 Å². The maximum Gasteiger partial charge on any atom is 0.191 e. The number of pyridine rings is 1. The number of benzene rings is 1. The van der Waals surface area contributed by atoms with Gasteiger partial charge in [-0.15, -0.1) is 24.0 Å². The number of guanidine groups is 1. The fourth-order valence-corrected chi connectivity index (χ4v) is 2.83. The number of ether oxygens (including phenoxy) is 1. The lowest BCUT2D eigenvalue weighted by molar-refractivity contribution is 0.325. The highest BCUT2D eigenvalue weighted by atomic mass is 127. The fourth-order valence-electron chi connectivity index (χ4n) is 2.70. The summed E-state index contributed by atoms with van der Waals surface area (Å²) in [4.78, 5) is 12.8. The van der Waals surface area contributed by atoms with Gasteiger partial charge in [0.1, 0.15) is 12.4 Å². The van der Waals surface area contributed by atoms with Crippen LogP contribution in [0.25, 0.3) is 0 Å². The van der Waals surface area contributed by atoms with Crippen LogP contribution in [0.2, 0.25) is 5.02 Å². The molecule has 2 heterocycles. The molecule has 0 saturated carbocycles. The lowest BCUT2D eigenvalue weighted by Crippen LogP contribution is -2.51. The summed E-state index contributed by atoms with van der Waals surface area (Å²) in [6, 6.07) is 11.6. The highest BCUT2D eigenvalue weighted by Crippen LogP contribution is 2.19. The summed E-state index contributed by atoms with van der Waals surface area (Å²) in [5, 5.41) is 0.757. The number of aromatic nitrogens is 1. The van der Waals surface area contributed by atoms with Gasteiger partial charge in [0.15, 0.2) is 5.96 Å². The third kappa shape index (κ3) is 5.91. The van der Waals surface area contributed by atoms with Crippen molar-refractivity contribution in [2.45, 2.75) is 0 Å². The first-order chi connectivity index (χ1) is 12.2. The van der Waals surface area contributed by atoms with Crippen LogP contribution in [-0.4, -0.2) is 55.2 Å². The Morgan fingerprint density at radius 2 is 1.88 bits per heavy atom. The molecule has 1 fully saturated rings. The topological polar surface area (TPSA) is 67.0 Å². The van der Waals surface area contributed by atoms with Crippen LogP contribution in [0, 0.1) is 0 Å². The monoisotopic (exact) mass is 487 g/mol. The summed E-state index contributed by atoms with van der Waals surface area (Å²) in [7, 11) is 0. The molecule has 0 radical (unpaired) electrons. The molecule has 3 rings (SSSR count). The van der Waals surface area contributed by atoms with Gasteiger partial charge in [0.2, 0.25) is 0 Å². The summed E-state index contributed by atoms with van der Waals surface area (Å²) >= 11 is 5.94. The molecule has 1 aromatic heterocycles. The lowest BCUT2D eigenvalue weighted by atomic mass is 10.2. The largest absolute Gasteiger partial charge is 0.490 e. The molecule has 2 N–H and O–H groups in total. The molecular weight excluding hydrogens is 465 g/mol. The number of aliphatic imine (C=N–C) groups is 1. The number of nitrogens with zero attached hydrogens (tertiary/aromatic N) is 4. The molecule has 1 aliphatic heterocycles. The Hall–Kier alpha value is -1.74. The van der Waals surface area contributed by atoms with Crippen molar-refractivity contribution in [1.29, 1.82) is 0 Å². The number of halogens is 2. The van der Waals surface area contributed by atoms with Gasteiger partial charge in [-0.1, -0.05) is 11.6 Å². The van der Waals surface area contributed by atoms with Crippen LogP contribution < -0.4 is 15.4 Å². The average molecular weight is 488 g/mol. The van der Waals surface area contributed by atoms with Crippen molar-refractivity contribution in [1.82, 2.24) is 9.88 Å². The predicted molar refractivity (Wildman–Crippen MR) is 117 cm³/mol. The van der Waals surface area contributed by atoms with E-state index in [1.54, 1.807) is 12.4 Å². The Morgan fingerprint density at radius 3 is 2.54 bits per heavy atom. The van der Waals surface area contributed by atoms with Crippen molar-refractivity contribution in [2.75, 3.05) is 44.2 Å². The molecule has 0 atom stereocenters. The molecule has 8 heteroatoms. The third-order valence-electron chi connectivity index (χ3n) is 4.06. The second kappa shape index (κ2) is 10.4. The molecule has 1 aromatic carbocycles. The van der Waals surface area contributed by atoms with Crippen molar-refractivity contribution in [3.05, 3.63) is 53.8 Å².